The van der Waals surface area contributed by atoms with E-state index in [0.717, 1.165) is 0 Å². The van der Waals surface area contributed by atoms with E-state index >= 15 is 0 Å². The number of rotatable bonds is 4. The summed E-state index contributed by atoms with van der Waals surface area (Å²) in [4.78, 5) is 24.4. The minimum absolute atomic E-state index is 0.110. The second-order valence-electron chi connectivity index (χ2n) is 5.02. The Hall–Kier alpha value is -0.980. The van der Waals surface area contributed by atoms with Crippen molar-refractivity contribution in [2.24, 2.45) is 5.41 Å². The van der Waals surface area contributed by atoms with Crippen molar-refractivity contribution >= 4 is 11.8 Å². The van der Waals surface area contributed by atoms with Crippen LogP contribution in [0.4, 0.5) is 0 Å². The molecule has 0 aromatic carbocycles. The number of esters is 1. The Morgan fingerprint density at radius 2 is 2.00 bits per heavy atom. The summed E-state index contributed by atoms with van der Waals surface area (Å²) in [6.45, 7) is 1.31. The molecular formula is C13H20O6. The Morgan fingerprint density at radius 1 is 1.32 bits per heavy atom. The number of hydrogen-bond acceptors (Lipinski definition) is 6. The van der Waals surface area contributed by atoms with E-state index in [1.807, 2.05) is 0 Å². The summed E-state index contributed by atoms with van der Waals surface area (Å²) >= 11 is 0. The predicted octanol–water partition coefficient (Wildman–Crippen LogP) is 0.678. The number of ether oxygens (including phenoxy) is 4. The Bertz CT molecular complexity index is 350. The van der Waals surface area contributed by atoms with Crippen molar-refractivity contribution in [3.63, 3.8) is 0 Å². The maximum atomic E-state index is 12.3. The summed E-state index contributed by atoms with van der Waals surface area (Å²) in [6, 6.07) is 0. The van der Waals surface area contributed by atoms with E-state index in [9.17, 15) is 9.59 Å². The lowest BCUT2D eigenvalue weighted by atomic mass is 9.68. The highest BCUT2D eigenvalue weighted by Gasteiger charge is 2.57. The standard InChI is InChI=1S/C13H20O6/c1-16-6-5-12(11(15)17-2)9-13(4-3-10(12)14)18-7-8-19-13/h3-9H2,1-2H3. The van der Waals surface area contributed by atoms with Gasteiger partial charge in [-0.3, -0.25) is 9.59 Å². The first-order chi connectivity index (χ1) is 9.08. The summed E-state index contributed by atoms with van der Waals surface area (Å²) in [7, 11) is 2.83. The van der Waals surface area contributed by atoms with Gasteiger partial charge in [-0.2, -0.15) is 0 Å². The molecule has 0 aromatic heterocycles. The smallest absolute Gasteiger partial charge is 0.319 e. The van der Waals surface area contributed by atoms with Crippen molar-refractivity contribution in [1.29, 1.82) is 0 Å². The lowest BCUT2D eigenvalue weighted by Gasteiger charge is -2.41. The summed E-state index contributed by atoms with van der Waals surface area (Å²) in [5.41, 5.74) is -1.20. The molecule has 1 aliphatic carbocycles. The minimum atomic E-state index is -1.20. The first-order valence-electron chi connectivity index (χ1n) is 6.47. The summed E-state index contributed by atoms with van der Waals surface area (Å²) < 4.78 is 21.1. The number of hydrogen-bond donors (Lipinski definition) is 0. The first kappa shape index (κ1) is 14.4. The largest absolute Gasteiger partial charge is 0.468 e. The van der Waals surface area contributed by atoms with E-state index in [1.54, 1.807) is 0 Å². The topological polar surface area (TPSA) is 71.1 Å². The highest BCUT2D eigenvalue weighted by atomic mass is 16.7. The molecule has 0 N–H and O–H groups in total. The third-order valence-corrected chi connectivity index (χ3v) is 3.96. The van der Waals surface area contributed by atoms with Crippen molar-refractivity contribution in [3.05, 3.63) is 0 Å². The average molecular weight is 272 g/mol. The van der Waals surface area contributed by atoms with Gasteiger partial charge in [0.25, 0.3) is 0 Å². The van der Waals surface area contributed by atoms with E-state index < -0.39 is 17.2 Å². The molecule has 0 radical (unpaired) electrons. The van der Waals surface area contributed by atoms with Crippen LogP contribution in [-0.4, -0.2) is 51.6 Å². The third kappa shape index (κ3) is 2.52. The van der Waals surface area contributed by atoms with Gasteiger partial charge in [0.2, 0.25) is 0 Å². The van der Waals surface area contributed by atoms with E-state index in [4.69, 9.17) is 18.9 Å². The van der Waals surface area contributed by atoms with Gasteiger partial charge in [0, 0.05) is 33.0 Å². The summed E-state index contributed by atoms with van der Waals surface area (Å²) in [6.07, 6.45) is 1.27. The van der Waals surface area contributed by atoms with Crippen LogP contribution in [0.3, 0.4) is 0 Å². The zero-order valence-corrected chi connectivity index (χ0v) is 11.4. The molecule has 0 bridgehead atoms. The Balaban J connectivity index is 2.26. The fraction of sp³-hybridized carbons (Fsp3) is 0.846. The maximum absolute atomic E-state index is 12.3. The molecule has 6 nitrogen and oxygen atoms in total. The van der Waals surface area contributed by atoms with Crippen LogP contribution >= 0.6 is 0 Å². The number of methoxy groups -OCH3 is 2. The second-order valence-corrected chi connectivity index (χ2v) is 5.02. The molecule has 0 aromatic rings. The van der Waals surface area contributed by atoms with Gasteiger partial charge in [-0.1, -0.05) is 0 Å². The molecule has 1 saturated heterocycles. The third-order valence-electron chi connectivity index (χ3n) is 3.96. The van der Waals surface area contributed by atoms with Crippen molar-refractivity contribution < 1.29 is 28.5 Å². The fourth-order valence-electron chi connectivity index (χ4n) is 2.92. The SMILES string of the molecule is COCCC1(C(=O)OC)CC2(CCC1=O)OCCO2. The molecule has 2 fully saturated rings. The van der Waals surface area contributed by atoms with Crippen LogP contribution < -0.4 is 0 Å². The highest BCUT2D eigenvalue weighted by Crippen LogP contribution is 2.46. The summed E-state index contributed by atoms with van der Waals surface area (Å²) in [5, 5.41) is 0. The molecule has 108 valence electrons. The average Bonchev–Trinajstić information content (AvgIpc) is 2.87. The zero-order valence-electron chi connectivity index (χ0n) is 11.4. The molecule has 1 aliphatic heterocycles. The first-order valence-corrected chi connectivity index (χ1v) is 6.47. The summed E-state index contributed by atoms with van der Waals surface area (Å²) in [5.74, 6) is -1.44. The molecule has 1 atom stereocenters. The van der Waals surface area contributed by atoms with Crippen molar-refractivity contribution in [3.8, 4) is 0 Å². The number of ketones is 1. The van der Waals surface area contributed by atoms with Crippen molar-refractivity contribution in [2.45, 2.75) is 31.5 Å². The van der Waals surface area contributed by atoms with E-state index in [-0.39, 0.29) is 18.6 Å². The monoisotopic (exact) mass is 272 g/mol. The predicted molar refractivity (Wildman–Crippen MR) is 64.4 cm³/mol. The van der Waals surface area contributed by atoms with Gasteiger partial charge >= 0.3 is 5.97 Å². The molecule has 1 saturated carbocycles. The number of carbonyl (C=O) groups excluding carboxylic acids is 2. The van der Waals surface area contributed by atoms with Gasteiger partial charge in [-0.15, -0.1) is 0 Å². The molecule has 1 heterocycles. The van der Waals surface area contributed by atoms with Crippen LogP contribution in [0.1, 0.15) is 25.7 Å². The van der Waals surface area contributed by atoms with Gasteiger partial charge in [-0.25, -0.2) is 0 Å². The van der Waals surface area contributed by atoms with Gasteiger partial charge in [0.15, 0.2) is 11.6 Å². The Morgan fingerprint density at radius 3 is 2.58 bits per heavy atom. The Kier molecular flexibility index (Phi) is 4.23. The molecule has 2 rings (SSSR count). The maximum Gasteiger partial charge on any atom is 0.319 e. The second kappa shape index (κ2) is 5.56. The van der Waals surface area contributed by atoms with Crippen LogP contribution in [0, 0.1) is 5.41 Å². The van der Waals surface area contributed by atoms with Crippen LogP contribution in [-0.2, 0) is 28.5 Å². The van der Waals surface area contributed by atoms with Gasteiger partial charge in [0.1, 0.15) is 5.41 Å². The normalized spacial score (nSPS) is 29.7. The lowest BCUT2D eigenvalue weighted by Crippen LogP contribution is -2.52. The molecule has 1 spiro atoms. The van der Waals surface area contributed by atoms with E-state index in [1.165, 1.54) is 14.2 Å². The molecule has 1 unspecified atom stereocenters. The highest BCUT2D eigenvalue weighted by molar-refractivity contribution is 6.04. The van der Waals surface area contributed by atoms with Crippen LogP contribution in [0.5, 0.6) is 0 Å². The molecule has 2 aliphatic rings. The fourth-order valence-corrected chi connectivity index (χ4v) is 2.92. The molecule has 6 heteroatoms. The van der Waals surface area contributed by atoms with Gasteiger partial charge in [-0.05, 0) is 6.42 Å². The number of Topliss-reactive ketones (excluding diaryl/α,β-unsaturated/α-hetero) is 1. The zero-order chi connectivity index (χ0) is 13.9. The molecular weight excluding hydrogens is 252 g/mol. The minimum Gasteiger partial charge on any atom is -0.468 e. The van der Waals surface area contributed by atoms with Gasteiger partial charge in [0.05, 0.1) is 20.3 Å². The lowest BCUT2D eigenvalue weighted by molar-refractivity contribution is -0.210. The van der Waals surface area contributed by atoms with E-state index in [2.05, 4.69) is 0 Å². The van der Waals surface area contributed by atoms with Crippen LogP contribution in [0.2, 0.25) is 0 Å². The number of carbonyl (C=O) groups is 2. The van der Waals surface area contributed by atoms with Crippen LogP contribution in [0.15, 0.2) is 0 Å². The van der Waals surface area contributed by atoms with Gasteiger partial charge < -0.3 is 18.9 Å². The van der Waals surface area contributed by atoms with Crippen LogP contribution in [0.25, 0.3) is 0 Å². The Labute approximate surface area is 112 Å². The quantitative estimate of drug-likeness (QED) is 0.553. The molecule has 0 amide bonds. The van der Waals surface area contributed by atoms with Crippen molar-refractivity contribution in [2.75, 3.05) is 34.0 Å². The van der Waals surface area contributed by atoms with Crippen molar-refractivity contribution in [1.82, 2.24) is 0 Å². The molecule has 19 heavy (non-hydrogen) atoms. The van der Waals surface area contributed by atoms with E-state index in [0.29, 0.717) is 32.7 Å².